The summed E-state index contributed by atoms with van der Waals surface area (Å²) in [7, 11) is 0. The third-order valence-corrected chi connectivity index (χ3v) is 4.78. The number of ether oxygens (including phenoxy) is 1. The molecule has 1 aliphatic heterocycles. The lowest BCUT2D eigenvalue weighted by atomic mass is 10.0. The fraction of sp³-hybridized carbons (Fsp3) is 0.556. The quantitative estimate of drug-likeness (QED) is 0.738. The van der Waals surface area contributed by atoms with Gasteiger partial charge in [-0.2, -0.15) is 0 Å². The molecule has 3 atom stereocenters. The van der Waals surface area contributed by atoms with E-state index in [0.29, 0.717) is 25.1 Å². The lowest BCUT2D eigenvalue weighted by Crippen LogP contribution is -2.40. The first kappa shape index (κ1) is 15.8. The van der Waals surface area contributed by atoms with Crippen LogP contribution >= 0.6 is 0 Å². The smallest absolute Gasteiger partial charge is 0.410 e. The van der Waals surface area contributed by atoms with Gasteiger partial charge >= 0.3 is 6.09 Å². The van der Waals surface area contributed by atoms with Gasteiger partial charge in [-0.05, 0) is 39.3 Å². The lowest BCUT2D eigenvalue weighted by Gasteiger charge is -2.28. The molecule has 2 fully saturated rings. The summed E-state index contributed by atoms with van der Waals surface area (Å²) in [5.41, 5.74) is -0.891. The number of halogens is 1. The van der Waals surface area contributed by atoms with Gasteiger partial charge in [0.15, 0.2) is 0 Å². The van der Waals surface area contributed by atoms with Crippen molar-refractivity contribution in [3.63, 3.8) is 0 Å². The molecule has 23 heavy (non-hydrogen) atoms. The molecule has 0 bridgehead atoms. The molecule has 5 heteroatoms. The van der Waals surface area contributed by atoms with E-state index in [2.05, 4.69) is 4.85 Å². The van der Waals surface area contributed by atoms with Crippen molar-refractivity contribution in [1.29, 1.82) is 0 Å². The van der Waals surface area contributed by atoms with E-state index in [1.54, 1.807) is 23.1 Å². The van der Waals surface area contributed by atoms with Crippen LogP contribution in [0.15, 0.2) is 24.3 Å². The zero-order valence-electron chi connectivity index (χ0n) is 13.7. The average molecular weight is 316 g/mol. The molecule has 0 radical (unpaired) electrons. The van der Waals surface area contributed by atoms with Gasteiger partial charge in [0.05, 0.1) is 17.4 Å². The Balaban J connectivity index is 1.80. The average Bonchev–Trinajstić information content (AvgIpc) is 3.14. The van der Waals surface area contributed by atoms with E-state index < -0.39 is 11.1 Å². The Morgan fingerprint density at radius 3 is 2.70 bits per heavy atom. The molecular weight excluding hydrogens is 295 g/mol. The maximum Gasteiger partial charge on any atom is 0.410 e. The summed E-state index contributed by atoms with van der Waals surface area (Å²) in [6.07, 6.45) is 0.357. The van der Waals surface area contributed by atoms with Crippen LogP contribution in [0.5, 0.6) is 0 Å². The van der Waals surface area contributed by atoms with Crippen molar-refractivity contribution in [2.75, 3.05) is 13.1 Å². The summed E-state index contributed by atoms with van der Waals surface area (Å²) in [6.45, 7) is 14.1. The van der Waals surface area contributed by atoms with Gasteiger partial charge in [-0.15, -0.1) is 0 Å². The van der Waals surface area contributed by atoms with Gasteiger partial charge in [-0.1, -0.05) is 12.1 Å². The van der Waals surface area contributed by atoms with Gasteiger partial charge in [0.2, 0.25) is 0 Å². The number of likely N-dealkylation sites (tertiary alicyclic amines) is 1. The van der Waals surface area contributed by atoms with Crippen LogP contribution in [-0.4, -0.2) is 29.7 Å². The molecule has 1 heterocycles. The molecule has 2 aliphatic rings. The van der Waals surface area contributed by atoms with Crippen LogP contribution in [0, 0.1) is 24.2 Å². The highest BCUT2D eigenvalue weighted by Crippen LogP contribution is 2.65. The molecule has 0 N–H and O–H groups in total. The minimum absolute atomic E-state index is 0.0156. The molecule has 3 unspecified atom stereocenters. The summed E-state index contributed by atoms with van der Waals surface area (Å²) in [5.74, 6) is -0.226. The number of hydrogen-bond donors (Lipinski definition) is 0. The molecule has 1 saturated carbocycles. The van der Waals surface area contributed by atoms with E-state index in [4.69, 9.17) is 11.3 Å². The first-order chi connectivity index (χ1) is 10.8. The SMILES string of the molecule is [C-]#[N+]C1(c2ccccc2F)C2CCN(C(=O)OC(C)(C)C)CC21. The Hall–Kier alpha value is -2.09. The van der Waals surface area contributed by atoms with E-state index in [9.17, 15) is 9.18 Å². The van der Waals surface area contributed by atoms with Gasteiger partial charge in [0.25, 0.3) is 5.54 Å². The van der Waals surface area contributed by atoms with Crippen LogP contribution in [-0.2, 0) is 10.3 Å². The van der Waals surface area contributed by atoms with E-state index >= 15 is 0 Å². The summed E-state index contributed by atoms with van der Waals surface area (Å²) in [6, 6.07) is 6.50. The van der Waals surface area contributed by atoms with Crippen molar-refractivity contribution in [2.45, 2.75) is 38.3 Å². The van der Waals surface area contributed by atoms with Crippen molar-refractivity contribution < 1.29 is 13.9 Å². The van der Waals surface area contributed by atoms with Gasteiger partial charge in [-0.3, -0.25) is 0 Å². The van der Waals surface area contributed by atoms with Gasteiger partial charge in [0, 0.05) is 13.1 Å². The number of hydrogen-bond acceptors (Lipinski definition) is 2. The molecule has 1 aromatic carbocycles. The standard InChI is InChI=1S/C18H21FN2O2/c1-17(2,3)23-16(22)21-10-9-12-14(11-21)18(12,20-4)13-7-5-6-8-15(13)19/h5-8,12,14H,9-11H2,1-3H3. The summed E-state index contributed by atoms with van der Waals surface area (Å²) >= 11 is 0. The second kappa shape index (κ2) is 5.23. The maximum atomic E-state index is 14.2. The minimum atomic E-state index is -0.817. The maximum absolute atomic E-state index is 14.2. The van der Waals surface area contributed by atoms with E-state index in [1.165, 1.54) is 6.07 Å². The van der Waals surface area contributed by atoms with Gasteiger partial charge in [0.1, 0.15) is 11.4 Å². The zero-order chi connectivity index (χ0) is 16.8. The Morgan fingerprint density at radius 1 is 1.39 bits per heavy atom. The van der Waals surface area contributed by atoms with Crippen LogP contribution in [0.1, 0.15) is 32.8 Å². The number of carbonyl (C=O) groups is 1. The molecule has 1 saturated heterocycles. The molecule has 0 spiro atoms. The number of rotatable bonds is 1. The molecule has 1 aromatic rings. The fourth-order valence-corrected chi connectivity index (χ4v) is 3.74. The summed E-state index contributed by atoms with van der Waals surface area (Å²) < 4.78 is 19.6. The third kappa shape index (κ3) is 2.56. The van der Waals surface area contributed by atoms with Crippen LogP contribution in [0.4, 0.5) is 9.18 Å². The first-order valence-corrected chi connectivity index (χ1v) is 7.91. The lowest BCUT2D eigenvalue weighted by molar-refractivity contribution is 0.0207. The van der Waals surface area contributed by atoms with E-state index in [1.807, 2.05) is 20.8 Å². The molecule has 0 aromatic heterocycles. The van der Waals surface area contributed by atoms with Crippen LogP contribution in [0.2, 0.25) is 0 Å². The van der Waals surface area contributed by atoms with Gasteiger partial charge in [-0.25, -0.2) is 15.8 Å². The predicted molar refractivity (Wildman–Crippen MR) is 84.1 cm³/mol. The third-order valence-electron chi connectivity index (χ3n) is 4.78. The normalized spacial score (nSPS) is 29.4. The second-order valence-corrected chi connectivity index (χ2v) is 7.35. The molecule has 4 nitrogen and oxygen atoms in total. The van der Waals surface area contributed by atoms with Crippen molar-refractivity contribution in [1.82, 2.24) is 4.90 Å². The van der Waals surface area contributed by atoms with Crippen LogP contribution in [0.25, 0.3) is 4.85 Å². The summed E-state index contributed by atoms with van der Waals surface area (Å²) in [5, 5.41) is 0. The van der Waals surface area contributed by atoms with Gasteiger partial charge < -0.3 is 14.5 Å². The number of benzene rings is 1. The number of piperidine rings is 1. The number of nitrogens with zero attached hydrogens (tertiary/aromatic N) is 2. The largest absolute Gasteiger partial charge is 0.444 e. The topological polar surface area (TPSA) is 33.9 Å². The van der Waals surface area contributed by atoms with E-state index in [0.717, 1.165) is 0 Å². The fourth-order valence-electron chi connectivity index (χ4n) is 3.74. The van der Waals surface area contributed by atoms with Crippen molar-refractivity contribution in [2.24, 2.45) is 11.8 Å². The Bertz CT molecular complexity index is 676. The number of amides is 1. The van der Waals surface area contributed by atoms with Crippen molar-refractivity contribution in [3.05, 3.63) is 47.1 Å². The van der Waals surface area contributed by atoms with Crippen LogP contribution in [0.3, 0.4) is 0 Å². The molecule has 3 rings (SSSR count). The number of fused-ring (bicyclic) bond motifs is 1. The summed E-state index contributed by atoms with van der Waals surface area (Å²) in [4.78, 5) is 17.7. The Labute approximate surface area is 136 Å². The Morgan fingerprint density at radius 2 is 2.09 bits per heavy atom. The highest BCUT2D eigenvalue weighted by atomic mass is 19.1. The van der Waals surface area contributed by atoms with E-state index in [-0.39, 0.29) is 23.7 Å². The molecule has 1 aliphatic carbocycles. The monoisotopic (exact) mass is 316 g/mol. The highest BCUT2D eigenvalue weighted by Gasteiger charge is 2.75. The van der Waals surface area contributed by atoms with Crippen molar-refractivity contribution >= 4 is 6.09 Å². The minimum Gasteiger partial charge on any atom is -0.444 e. The van der Waals surface area contributed by atoms with Crippen molar-refractivity contribution in [3.8, 4) is 0 Å². The predicted octanol–water partition coefficient (Wildman–Crippen LogP) is 3.83. The zero-order valence-corrected chi connectivity index (χ0v) is 13.7. The highest BCUT2D eigenvalue weighted by molar-refractivity contribution is 5.68. The second-order valence-electron chi connectivity index (χ2n) is 7.35. The number of carbonyl (C=O) groups excluding carboxylic acids is 1. The Kier molecular flexibility index (Phi) is 3.59. The molecular formula is C18H21FN2O2. The van der Waals surface area contributed by atoms with Crippen LogP contribution < -0.4 is 0 Å². The molecule has 1 amide bonds. The first-order valence-electron chi connectivity index (χ1n) is 7.91. The molecule has 122 valence electrons.